The summed E-state index contributed by atoms with van der Waals surface area (Å²) in [5.41, 5.74) is 0. The number of nitrogens with one attached hydrogen (secondary N) is 2. The molecule has 2 aliphatic rings. The van der Waals surface area contributed by atoms with Crippen LogP contribution in [0.5, 0.6) is 0 Å². The zero-order valence-corrected chi connectivity index (χ0v) is 10.6. The predicted octanol–water partition coefficient (Wildman–Crippen LogP) is 0.586. The van der Waals surface area contributed by atoms with Gasteiger partial charge in [-0.25, -0.2) is 8.78 Å². The SMILES string of the molecule is O=C(NCCN1CCCCC1)C1CC(F)(F)CN1. The van der Waals surface area contributed by atoms with Crippen molar-refractivity contribution in [2.75, 3.05) is 32.7 Å². The maximum absolute atomic E-state index is 12.9. The van der Waals surface area contributed by atoms with Crippen LogP contribution in [0.1, 0.15) is 25.7 Å². The van der Waals surface area contributed by atoms with E-state index in [-0.39, 0.29) is 12.3 Å². The van der Waals surface area contributed by atoms with Gasteiger partial charge in [0.15, 0.2) is 0 Å². The Kier molecular flexibility index (Phi) is 4.50. The van der Waals surface area contributed by atoms with Gasteiger partial charge in [-0.15, -0.1) is 0 Å². The van der Waals surface area contributed by atoms with Gasteiger partial charge in [-0.05, 0) is 25.9 Å². The van der Waals surface area contributed by atoms with Crippen LogP contribution in [-0.2, 0) is 4.79 Å². The molecule has 2 N–H and O–H groups in total. The summed E-state index contributed by atoms with van der Waals surface area (Å²) in [4.78, 5) is 14.0. The zero-order valence-electron chi connectivity index (χ0n) is 10.6. The normalized spacial score (nSPS) is 28.2. The van der Waals surface area contributed by atoms with E-state index < -0.39 is 18.5 Å². The lowest BCUT2D eigenvalue weighted by molar-refractivity contribution is -0.123. The molecule has 1 atom stereocenters. The predicted molar refractivity (Wildman–Crippen MR) is 64.7 cm³/mol. The second kappa shape index (κ2) is 5.93. The fourth-order valence-corrected chi connectivity index (χ4v) is 2.54. The number of carbonyl (C=O) groups excluding carboxylic acids is 1. The molecule has 0 aromatic heterocycles. The lowest BCUT2D eigenvalue weighted by Gasteiger charge is -2.26. The van der Waals surface area contributed by atoms with Crippen LogP contribution >= 0.6 is 0 Å². The van der Waals surface area contributed by atoms with Crippen molar-refractivity contribution in [2.45, 2.75) is 37.6 Å². The van der Waals surface area contributed by atoms with Crippen LogP contribution in [0.4, 0.5) is 8.78 Å². The second-order valence-electron chi connectivity index (χ2n) is 5.19. The van der Waals surface area contributed by atoms with Crippen molar-refractivity contribution in [1.29, 1.82) is 0 Å². The van der Waals surface area contributed by atoms with Crippen molar-refractivity contribution in [3.8, 4) is 0 Å². The van der Waals surface area contributed by atoms with Crippen LogP contribution in [0, 0.1) is 0 Å². The van der Waals surface area contributed by atoms with Gasteiger partial charge in [0.1, 0.15) is 0 Å². The van der Waals surface area contributed by atoms with Crippen molar-refractivity contribution in [3.05, 3.63) is 0 Å². The molecule has 6 heteroatoms. The van der Waals surface area contributed by atoms with Crippen molar-refractivity contribution in [2.24, 2.45) is 0 Å². The van der Waals surface area contributed by atoms with Crippen LogP contribution in [-0.4, -0.2) is 55.5 Å². The van der Waals surface area contributed by atoms with Gasteiger partial charge in [-0.3, -0.25) is 10.1 Å². The summed E-state index contributed by atoms with van der Waals surface area (Å²) in [5, 5.41) is 5.29. The topological polar surface area (TPSA) is 44.4 Å². The Bertz CT molecular complexity index is 293. The number of halogens is 2. The van der Waals surface area contributed by atoms with E-state index in [4.69, 9.17) is 0 Å². The van der Waals surface area contributed by atoms with Crippen LogP contribution in [0.2, 0.25) is 0 Å². The Morgan fingerprint density at radius 2 is 2.06 bits per heavy atom. The third kappa shape index (κ3) is 3.88. The highest BCUT2D eigenvalue weighted by Crippen LogP contribution is 2.24. The molecule has 0 saturated carbocycles. The molecular formula is C12H21F2N3O. The minimum atomic E-state index is -2.74. The summed E-state index contributed by atoms with van der Waals surface area (Å²) in [6, 6.07) is -0.735. The molecule has 0 aromatic rings. The van der Waals surface area contributed by atoms with E-state index in [0.717, 1.165) is 19.6 Å². The standard InChI is InChI=1S/C12H21F2N3O/c13-12(14)8-10(16-9-12)11(18)15-4-7-17-5-2-1-3-6-17/h10,16H,1-9H2,(H,15,18). The van der Waals surface area contributed by atoms with E-state index in [9.17, 15) is 13.6 Å². The number of likely N-dealkylation sites (tertiary alicyclic amines) is 1. The largest absolute Gasteiger partial charge is 0.353 e. The Hall–Kier alpha value is -0.750. The molecule has 2 heterocycles. The summed E-state index contributed by atoms with van der Waals surface area (Å²) < 4.78 is 25.8. The average molecular weight is 261 g/mol. The number of piperidine rings is 1. The first kappa shape index (κ1) is 13.7. The Balaban J connectivity index is 1.63. The summed E-state index contributed by atoms with van der Waals surface area (Å²) >= 11 is 0. The number of hydrogen-bond acceptors (Lipinski definition) is 3. The van der Waals surface area contributed by atoms with Crippen molar-refractivity contribution < 1.29 is 13.6 Å². The van der Waals surface area contributed by atoms with Crippen LogP contribution < -0.4 is 10.6 Å². The molecule has 0 bridgehead atoms. The number of nitrogens with zero attached hydrogens (tertiary/aromatic N) is 1. The summed E-state index contributed by atoms with van der Waals surface area (Å²) in [5.74, 6) is -3.04. The summed E-state index contributed by atoms with van der Waals surface area (Å²) in [6.45, 7) is 3.12. The average Bonchev–Trinajstić information content (AvgIpc) is 2.71. The van der Waals surface area contributed by atoms with E-state index >= 15 is 0 Å². The number of alkyl halides is 2. The van der Waals surface area contributed by atoms with Crippen LogP contribution in [0.3, 0.4) is 0 Å². The van der Waals surface area contributed by atoms with Gasteiger partial charge < -0.3 is 10.2 Å². The van der Waals surface area contributed by atoms with E-state index in [1.807, 2.05) is 0 Å². The van der Waals surface area contributed by atoms with Crippen molar-refractivity contribution in [1.82, 2.24) is 15.5 Å². The third-order valence-electron chi connectivity index (χ3n) is 3.60. The second-order valence-corrected chi connectivity index (χ2v) is 5.19. The van der Waals surface area contributed by atoms with Gasteiger partial charge in [0.05, 0.1) is 12.6 Å². The van der Waals surface area contributed by atoms with Gasteiger partial charge in [-0.1, -0.05) is 6.42 Å². The van der Waals surface area contributed by atoms with Crippen LogP contribution in [0.25, 0.3) is 0 Å². The minimum absolute atomic E-state index is 0.302. The maximum Gasteiger partial charge on any atom is 0.262 e. The maximum atomic E-state index is 12.9. The van der Waals surface area contributed by atoms with Gasteiger partial charge in [0.25, 0.3) is 5.92 Å². The van der Waals surface area contributed by atoms with E-state index in [2.05, 4.69) is 15.5 Å². The third-order valence-corrected chi connectivity index (χ3v) is 3.60. The Morgan fingerprint density at radius 3 is 2.67 bits per heavy atom. The fraction of sp³-hybridized carbons (Fsp3) is 0.917. The highest BCUT2D eigenvalue weighted by molar-refractivity contribution is 5.82. The molecule has 104 valence electrons. The molecule has 2 aliphatic heterocycles. The highest BCUT2D eigenvalue weighted by Gasteiger charge is 2.42. The van der Waals surface area contributed by atoms with E-state index in [0.29, 0.717) is 6.54 Å². The first-order valence-corrected chi connectivity index (χ1v) is 6.68. The first-order valence-electron chi connectivity index (χ1n) is 6.68. The summed E-state index contributed by atoms with van der Waals surface area (Å²) in [6.07, 6.45) is 3.32. The molecule has 18 heavy (non-hydrogen) atoms. The molecule has 0 radical (unpaired) electrons. The molecule has 4 nitrogen and oxygen atoms in total. The van der Waals surface area contributed by atoms with Crippen LogP contribution in [0.15, 0.2) is 0 Å². The molecule has 1 unspecified atom stereocenters. The number of hydrogen-bond donors (Lipinski definition) is 2. The molecule has 1 amide bonds. The molecular weight excluding hydrogens is 240 g/mol. The lowest BCUT2D eigenvalue weighted by Crippen LogP contribution is -2.44. The molecule has 0 spiro atoms. The molecule has 0 aliphatic carbocycles. The van der Waals surface area contributed by atoms with Gasteiger partial charge in [-0.2, -0.15) is 0 Å². The quantitative estimate of drug-likeness (QED) is 0.778. The molecule has 0 aromatic carbocycles. The lowest BCUT2D eigenvalue weighted by atomic mass is 10.1. The van der Waals surface area contributed by atoms with Gasteiger partial charge in [0.2, 0.25) is 5.91 Å². The summed E-state index contributed by atoms with van der Waals surface area (Å²) in [7, 11) is 0. The first-order chi connectivity index (χ1) is 8.57. The highest BCUT2D eigenvalue weighted by atomic mass is 19.3. The number of rotatable bonds is 4. The monoisotopic (exact) mass is 261 g/mol. The van der Waals surface area contributed by atoms with Gasteiger partial charge in [0, 0.05) is 19.5 Å². The Morgan fingerprint density at radius 1 is 1.33 bits per heavy atom. The van der Waals surface area contributed by atoms with E-state index in [1.165, 1.54) is 19.3 Å². The minimum Gasteiger partial charge on any atom is -0.353 e. The zero-order chi connectivity index (χ0) is 13.0. The van der Waals surface area contributed by atoms with Gasteiger partial charge >= 0.3 is 0 Å². The smallest absolute Gasteiger partial charge is 0.262 e. The Labute approximate surface area is 106 Å². The van der Waals surface area contributed by atoms with E-state index in [1.54, 1.807) is 0 Å². The molecule has 2 rings (SSSR count). The van der Waals surface area contributed by atoms with Crippen molar-refractivity contribution >= 4 is 5.91 Å². The fourth-order valence-electron chi connectivity index (χ4n) is 2.54. The molecule has 2 saturated heterocycles. The molecule has 2 fully saturated rings. The van der Waals surface area contributed by atoms with Crippen molar-refractivity contribution in [3.63, 3.8) is 0 Å². The number of amides is 1. The number of carbonyl (C=O) groups is 1.